The zero-order valence-corrected chi connectivity index (χ0v) is 18.6. The molecule has 29 heavy (non-hydrogen) atoms. The quantitative estimate of drug-likeness (QED) is 0.608. The minimum Gasteiger partial charge on any atom is -0.490 e. The van der Waals surface area contributed by atoms with Gasteiger partial charge in [0.15, 0.2) is 15.6 Å². The highest BCUT2D eigenvalue weighted by Crippen LogP contribution is 2.35. The molecule has 1 amide bonds. The van der Waals surface area contributed by atoms with Gasteiger partial charge in [-0.3, -0.25) is 4.79 Å². The zero-order chi connectivity index (χ0) is 21.2. The van der Waals surface area contributed by atoms with Crippen LogP contribution in [0, 0.1) is 6.92 Å². The van der Waals surface area contributed by atoms with Crippen LogP contribution in [-0.4, -0.2) is 43.4 Å². The number of sulfone groups is 1. The molecule has 9 heteroatoms. The molecule has 1 aromatic heterocycles. The molecule has 1 fully saturated rings. The Kier molecular flexibility index (Phi) is 6.81. The van der Waals surface area contributed by atoms with Crippen LogP contribution in [0.5, 0.6) is 5.75 Å². The number of benzene rings is 1. The molecule has 0 spiro atoms. The molecule has 1 saturated heterocycles. The van der Waals surface area contributed by atoms with Crippen molar-refractivity contribution in [2.45, 2.75) is 39.3 Å². The lowest BCUT2D eigenvalue weighted by Gasteiger charge is -2.28. The van der Waals surface area contributed by atoms with Crippen molar-refractivity contribution < 1.29 is 22.4 Å². The van der Waals surface area contributed by atoms with Crippen LogP contribution in [0.25, 0.3) is 0 Å². The molecule has 1 aliphatic rings. The minimum absolute atomic E-state index is 0.0595. The van der Waals surface area contributed by atoms with Crippen molar-refractivity contribution in [2.75, 3.05) is 18.1 Å². The Bertz CT molecular complexity index is 979. The molecule has 2 aromatic rings. The second-order valence-electron chi connectivity index (χ2n) is 7.12. The summed E-state index contributed by atoms with van der Waals surface area (Å²) in [7, 11) is -3.17. The van der Waals surface area contributed by atoms with Gasteiger partial charge in [-0.05, 0) is 44.0 Å². The van der Waals surface area contributed by atoms with Crippen molar-refractivity contribution in [3.63, 3.8) is 0 Å². The number of rotatable bonds is 7. The van der Waals surface area contributed by atoms with Gasteiger partial charge in [-0.1, -0.05) is 30.1 Å². The van der Waals surface area contributed by atoms with E-state index in [0.717, 1.165) is 12.2 Å². The van der Waals surface area contributed by atoms with Crippen molar-refractivity contribution in [2.24, 2.45) is 0 Å². The minimum atomic E-state index is -3.17. The van der Waals surface area contributed by atoms with Crippen LogP contribution < -0.4 is 4.74 Å². The molecule has 6 nitrogen and oxygen atoms in total. The summed E-state index contributed by atoms with van der Waals surface area (Å²) in [6, 6.07) is 6.15. The topological polar surface area (TPSA) is 76.8 Å². The lowest BCUT2D eigenvalue weighted by Crippen LogP contribution is -2.40. The molecule has 2 heterocycles. The van der Waals surface area contributed by atoms with Crippen molar-refractivity contribution in [1.29, 1.82) is 0 Å². The number of aryl methyl sites for hydroxylation is 1. The third kappa shape index (κ3) is 5.27. The Morgan fingerprint density at radius 1 is 1.28 bits per heavy atom. The van der Waals surface area contributed by atoms with E-state index in [0.29, 0.717) is 24.5 Å². The van der Waals surface area contributed by atoms with Gasteiger partial charge in [-0.15, -0.1) is 0 Å². The highest BCUT2D eigenvalue weighted by molar-refractivity contribution is 7.91. The molecule has 0 saturated carbocycles. The van der Waals surface area contributed by atoms with E-state index in [1.807, 2.05) is 13.8 Å². The van der Waals surface area contributed by atoms with E-state index in [1.54, 1.807) is 12.1 Å². The summed E-state index contributed by atoms with van der Waals surface area (Å²) in [5.74, 6) is 1.27. The van der Waals surface area contributed by atoms with Crippen LogP contribution in [0.1, 0.15) is 41.6 Å². The van der Waals surface area contributed by atoms with Crippen molar-refractivity contribution >= 4 is 38.9 Å². The SMILES string of the molecule is CCCOc1c(Cl)cc(C(=O)N(Cc2ccc(C)o2)C2CCS(=O)(=O)C2)cc1Cl. The van der Waals surface area contributed by atoms with Gasteiger partial charge in [0, 0.05) is 11.6 Å². The number of hydrogen-bond acceptors (Lipinski definition) is 5. The monoisotopic (exact) mass is 459 g/mol. The third-order valence-electron chi connectivity index (χ3n) is 4.73. The molecule has 1 atom stereocenters. The number of nitrogens with zero attached hydrogens (tertiary/aromatic N) is 1. The van der Waals surface area contributed by atoms with Crippen LogP contribution in [0.15, 0.2) is 28.7 Å². The van der Waals surface area contributed by atoms with E-state index < -0.39 is 15.9 Å². The molecule has 1 aliphatic heterocycles. The number of carbonyl (C=O) groups is 1. The maximum absolute atomic E-state index is 13.3. The summed E-state index contributed by atoms with van der Waals surface area (Å²) in [6.45, 7) is 4.39. The molecule has 0 N–H and O–H groups in total. The molecule has 1 unspecified atom stereocenters. The van der Waals surface area contributed by atoms with Crippen LogP contribution >= 0.6 is 23.2 Å². The van der Waals surface area contributed by atoms with Crippen molar-refractivity contribution in [1.82, 2.24) is 4.90 Å². The molecule has 3 rings (SSSR count). The highest BCUT2D eigenvalue weighted by atomic mass is 35.5. The van der Waals surface area contributed by atoms with Gasteiger partial charge in [0.25, 0.3) is 5.91 Å². The summed E-state index contributed by atoms with van der Waals surface area (Å²) in [6.07, 6.45) is 1.17. The van der Waals surface area contributed by atoms with Gasteiger partial charge in [-0.2, -0.15) is 0 Å². The van der Waals surface area contributed by atoms with Gasteiger partial charge < -0.3 is 14.1 Å². The average Bonchev–Trinajstić information content (AvgIpc) is 3.23. The number of hydrogen-bond donors (Lipinski definition) is 0. The molecular formula is C20H23Cl2NO5S. The predicted molar refractivity (Wildman–Crippen MR) is 113 cm³/mol. The summed E-state index contributed by atoms with van der Waals surface area (Å²) in [5, 5.41) is 0.476. The van der Waals surface area contributed by atoms with Gasteiger partial charge in [-0.25, -0.2) is 8.42 Å². The smallest absolute Gasteiger partial charge is 0.254 e. The first-order valence-electron chi connectivity index (χ1n) is 9.38. The Labute approximate surface area is 180 Å². The summed E-state index contributed by atoms with van der Waals surface area (Å²) in [5.41, 5.74) is 0.274. The summed E-state index contributed by atoms with van der Waals surface area (Å²) in [4.78, 5) is 14.8. The Morgan fingerprint density at radius 2 is 1.97 bits per heavy atom. The second-order valence-corrected chi connectivity index (χ2v) is 10.2. The Hall–Kier alpha value is -1.70. The molecule has 0 aliphatic carbocycles. The van der Waals surface area contributed by atoms with E-state index in [-0.39, 0.29) is 39.6 Å². The van der Waals surface area contributed by atoms with Crippen molar-refractivity contribution in [3.05, 3.63) is 51.4 Å². The normalized spacial score (nSPS) is 18.0. The number of halogens is 2. The molecule has 0 bridgehead atoms. The number of ether oxygens (including phenoxy) is 1. The van der Waals surface area contributed by atoms with Crippen LogP contribution in [0.2, 0.25) is 10.0 Å². The van der Waals surface area contributed by atoms with E-state index in [9.17, 15) is 13.2 Å². The summed E-state index contributed by atoms with van der Waals surface area (Å²) < 4.78 is 35.1. The number of amides is 1. The fraction of sp³-hybridized carbons (Fsp3) is 0.450. The van der Waals surface area contributed by atoms with Crippen molar-refractivity contribution in [3.8, 4) is 5.75 Å². The molecule has 0 radical (unpaired) electrons. The highest BCUT2D eigenvalue weighted by Gasteiger charge is 2.36. The lowest BCUT2D eigenvalue weighted by atomic mass is 10.1. The summed E-state index contributed by atoms with van der Waals surface area (Å²) >= 11 is 12.6. The van der Waals surface area contributed by atoms with Crippen LogP contribution in [0.4, 0.5) is 0 Å². The average molecular weight is 460 g/mol. The van der Waals surface area contributed by atoms with Gasteiger partial charge in [0.2, 0.25) is 0 Å². The number of furan rings is 1. The van der Waals surface area contributed by atoms with Gasteiger partial charge in [0.1, 0.15) is 11.5 Å². The zero-order valence-electron chi connectivity index (χ0n) is 16.3. The molecule has 158 valence electrons. The maximum atomic E-state index is 13.3. The van der Waals surface area contributed by atoms with Crippen LogP contribution in [-0.2, 0) is 16.4 Å². The Balaban J connectivity index is 1.91. The Morgan fingerprint density at radius 3 is 2.48 bits per heavy atom. The first kappa shape index (κ1) is 22.0. The first-order chi connectivity index (χ1) is 13.7. The molecule has 1 aromatic carbocycles. The fourth-order valence-electron chi connectivity index (χ4n) is 3.32. The largest absolute Gasteiger partial charge is 0.490 e. The van der Waals surface area contributed by atoms with E-state index in [2.05, 4.69) is 0 Å². The van der Waals surface area contributed by atoms with E-state index in [1.165, 1.54) is 17.0 Å². The van der Waals surface area contributed by atoms with E-state index >= 15 is 0 Å². The van der Waals surface area contributed by atoms with Crippen LogP contribution in [0.3, 0.4) is 0 Å². The maximum Gasteiger partial charge on any atom is 0.254 e. The predicted octanol–water partition coefficient (Wildman–Crippen LogP) is 4.51. The van der Waals surface area contributed by atoms with Gasteiger partial charge >= 0.3 is 0 Å². The molecular weight excluding hydrogens is 437 g/mol. The van der Waals surface area contributed by atoms with E-state index in [4.69, 9.17) is 32.4 Å². The third-order valence-corrected chi connectivity index (χ3v) is 7.04. The number of carbonyl (C=O) groups excluding carboxylic acids is 1. The first-order valence-corrected chi connectivity index (χ1v) is 12.0. The van der Waals surface area contributed by atoms with Gasteiger partial charge in [0.05, 0.1) is 34.7 Å². The lowest BCUT2D eigenvalue weighted by molar-refractivity contribution is 0.0665. The standard InChI is InChI=1S/C20H23Cl2NO5S/c1-3-7-27-19-17(21)9-14(10-18(19)22)20(24)23(11-16-5-4-13(2)28-16)15-6-8-29(25,26)12-15/h4-5,9-10,15H,3,6-8,11-12H2,1-2H3. The fourth-order valence-corrected chi connectivity index (χ4v) is 5.64. The second kappa shape index (κ2) is 8.98.